The van der Waals surface area contributed by atoms with Gasteiger partial charge in [0, 0.05) is 5.88 Å². The van der Waals surface area contributed by atoms with Gasteiger partial charge in [0.25, 0.3) is 0 Å². The number of aromatic nitrogens is 1. The number of halogens is 1. The first-order chi connectivity index (χ1) is 7.36. The van der Waals surface area contributed by atoms with E-state index in [1.807, 2.05) is 0 Å². The van der Waals surface area contributed by atoms with Gasteiger partial charge in [-0.05, 0) is 17.3 Å². The van der Waals surface area contributed by atoms with Crippen LogP contribution in [0.5, 0.6) is 0 Å². The molecule has 1 atom stereocenters. The number of alkyl halides is 1. The molecular weight excluding hydrogens is 276 g/mol. The average Bonchev–Trinajstić information content (AvgIpc) is 2.66. The predicted molar refractivity (Wildman–Crippen MR) is 60.7 cm³/mol. The fourth-order valence-electron chi connectivity index (χ4n) is 0.969. The molecule has 0 N–H and O–H groups in total. The zero-order chi connectivity index (χ0) is 12.3. The first-order valence-electron chi connectivity index (χ1n) is 4.25. The maximum absolute atomic E-state index is 11.7. The van der Waals surface area contributed by atoms with Crippen molar-refractivity contribution in [3.05, 3.63) is 16.3 Å². The van der Waals surface area contributed by atoms with E-state index in [0.29, 0.717) is 11.3 Å². The maximum Gasteiger partial charge on any atom is 0.344 e. The van der Waals surface area contributed by atoms with Crippen molar-refractivity contribution in [2.24, 2.45) is 5.92 Å². The van der Waals surface area contributed by atoms with E-state index >= 15 is 0 Å². The van der Waals surface area contributed by atoms with Crippen LogP contribution in [0.15, 0.2) is 10.5 Å². The van der Waals surface area contributed by atoms with Crippen LogP contribution in [0.4, 0.5) is 5.00 Å². The van der Waals surface area contributed by atoms with Gasteiger partial charge < -0.3 is 0 Å². The van der Waals surface area contributed by atoms with Gasteiger partial charge in [-0.3, -0.25) is 10.1 Å². The molecule has 90 valence electrons. The summed E-state index contributed by atoms with van der Waals surface area (Å²) in [4.78, 5) is 13.3. The molecule has 6 nitrogen and oxygen atoms in total. The van der Waals surface area contributed by atoms with Crippen LogP contribution < -0.4 is 0 Å². The van der Waals surface area contributed by atoms with Crippen molar-refractivity contribution in [2.45, 2.75) is 11.3 Å². The third-order valence-electron chi connectivity index (χ3n) is 1.69. The summed E-state index contributed by atoms with van der Waals surface area (Å²) < 4.78 is 23.2. The SMILES string of the molecule is CC(CCl)CS(=O)(=O)c1ncc([N+](=O)[O-])s1. The molecular formula is C7H9ClN2O4S2. The summed E-state index contributed by atoms with van der Waals surface area (Å²) in [5.74, 6) is -0.150. The lowest BCUT2D eigenvalue weighted by atomic mass is 10.3. The van der Waals surface area contributed by atoms with Crippen molar-refractivity contribution < 1.29 is 13.3 Å². The molecule has 0 aliphatic carbocycles. The molecule has 0 saturated heterocycles. The standard InChI is InChI=1S/C7H9ClN2O4S2/c1-5(2-8)4-16(13,14)7-9-3-6(15-7)10(11)12/h3,5H,2,4H2,1H3. The molecule has 16 heavy (non-hydrogen) atoms. The Morgan fingerprint density at radius 3 is 2.75 bits per heavy atom. The topological polar surface area (TPSA) is 90.2 Å². The van der Waals surface area contributed by atoms with Gasteiger partial charge in [0.2, 0.25) is 14.2 Å². The highest BCUT2D eigenvalue weighted by Gasteiger charge is 2.24. The lowest BCUT2D eigenvalue weighted by molar-refractivity contribution is -0.380. The molecule has 0 saturated carbocycles. The third-order valence-corrected chi connectivity index (χ3v) is 5.61. The number of sulfone groups is 1. The minimum absolute atomic E-state index is 0.152. The molecule has 1 aromatic rings. The first kappa shape index (κ1) is 13.3. The molecule has 1 rings (SSSR count). The summed E-state index contributed by atoms with van der Waals surface area (Å²) in [6.45, 7) is 1.69. The fourth-order valence-corrected chi connectivity index (χ4v) is 3.86. The van der Waals surface area contributed by atoms with Crippen LogP contribution in [-0.4, -0.2) is 30.0 Å². The minimum atomic E-state index is -3.57. The van der Waals surface area contributed by atoms with E-state index in [9.17, 15) is 18.5 Å². The number of hydrogen-bond donors (Lipinski definition) is 0. The van der Waals surface area contributed by atoms with Crippen molar-refractivity contribution in [1.82, 2.24) is 4.98 Å². The third kappa shape index (κ3) is 3.13. The van der Waals surface area contributed by atoms with Crippen molar-refractivity contribution >= 4 is 37.8 Å². The van der Waals surface area contributed by atoms with Gasteiger partial charge in [-0.1, -0.05) is 6.92 Å². The van der Waals surface area contributed by atoms with Gasteiger partial charge in [0.15, 0.2) is 0 Å². The molecule has 1 heterocycles. The van der Waals surface area contributed by atoms with Gasteiger partial charge in [-0.25, -0.2) is 13.4 Å². The zero-order valence-corrected chi connectivity index (χ0v) is 10.7. The van der Waals surface area contributed by atoms with Gasteiger partial charge >= 0.3 is 5.00 Å². The lowest BCUT2D eigenvalue weighted by Gasteiger charge is -2.05. The van der Waals surface area contributed by atoms with E-state index in [4.69, 9.17) is 11.6 Å². The summed E-state index contributed by atoms with van der Waals surface area (Å²) in [5, 5.41) is 10.1. The molecule has 0 spiro atoms. The summed E-state index contributed by atoms with van der Waals surface area (Å²) >= 11 is 6.07. The Balaban J connectivity index is 2.94. The highest BCUT2D eigenvalue weighted by Crippen LogP contribution is 2.26. The van der Waals surface area contributed by atoms with Gasteiger partial charge in [-0.2, -0.15) is 0 Å². The van der Waals surface area contributed by atoms with Crippen molar-refractivity contribution in [1.29, 1.82) is 0 Å². The number of hydrogen-bond acceptors (Lipinski definition) is 6. The van der Waals surface area contributed by atoms with Crippen molar-refractivity contribution in [3.8, 4) is 0 Å². The second-order valence-electron chi connectivity index (χ2n) is 3.26. The second kappa shape index (κ2) is 5.07. The molecule has 1 aromatic heterocycles. The normalized spacial score (nSPS) is 13.6. The van der Waals surface area contributed by atoms with Gasteiger partial charge in [0.1, 0.15) is 6.20 Å². The van der Waals surface area contributed by atoms with E-state index in [2.05, 4.69) is 4.98 Å². The van der Waals surface area contributed by atoms with E-state index in [0.717, 1.165) is 6.20 Å². The van der Waals surface area contributed by atoms with Crippen LogP contribution in [0.1, 0.15) is 6.92 Å². The van der Waals surface area contributed by atoms with Crippen LogP contribution in [-0.2, 0) is 9.84 Å². The number of rotatable bonds is 5. The van der Waals surface area contributed by atoms with Crippen LogP contribution in [0.25, 0.3) is 0 Å². The molecule has 0 aliphatic rings. The largest absolute Gasteiger partial charge is 0.344 e. The van der Waals surface area contributed by atoms with E-state index in [1.165, 1.54) is 0 Å². The predicted octanol–water partition coefficient (Wildman–Crippen LogP) is 1.70. The monoisotopic (exact) mass is 284 g/mol. The molecule has 1 unspecified atom stereocenters. The van der Waals surface area contributed by atoms with E-state index < -0.39 is 14.8 Å². The quantitative estimate of drug-likeness (QED) is 0.466. The first-order valence-corrected chi connectivity index (χ1v) is 7.26. The minimum Gasteiger partial charge on any atom is -0.257 e. The molecule has 0 fully saturated rings. The summed E-state index contributed by atoms with van der Waals surface area (Å²) in [6.07, 6.45) is 0.947. The molecule has 9 heteroatoms. The Kier molecular flexibility index (Phi) is 4.22. The maximum atomic E-state index is 11.7. The lowest BCUT2D eigenvalue weighted by Crippen LogP contribution is -2.14. The van der Waals surface area contributed by atoms with Crippen molar-refractivity contribution in [2.75, 3.05) is 11.6 Å². The zero-order valence-electron chi connectivity index (χ0n) is 8.29. The van der Waals surface area contributed by atoms with Gasteiger partial charge in [-0.15, -0.1) is 11.6 Å². The van der Waals surface area contributed by atoms with Crippen LogP contribution in [0, 0.1) is 16.0 Å². The van der Waals surface area contributed by atoms with Crippen LogP contribution in [0.3, 0.4) is 0 Å². The Morgan fingerprint density at radius 1 is 1.69 bits per heavy atom. The average molecular weight is 285 g/mol. The number of nitrogens with zero attached hydrogens (tertiary/aromatic N) is 2. The Morgan fingerprint density at radius 2 is 2.31 bits per heavy atom. The molecule has 0 amide bonds. The number of thiazole rings is 1. The second-order valence-corrected chi connectivity index (χ2v) is 6.79. The molecule has 0 aromatic carbocycles. The highest BCUT2D eigenvalue weighted by molar-refractivity contribution is 7.93. The summed E-state index contributed by atoms with van der Waals surface area (Å²) in [6, 6.07) is 0. The Bertz CT molecular complexity index is 484. The Labute approximate surface area is 101 Å². The van der Waals surface area contributed by atoms with Crippen molar-refractivity contribution in [3.63, 3.8) is 0 Å². The fraction of sp³-hybridized carbons (Fsp3) is 0.571. The highest BCUT2D eigenvalue weighted by atomic mass is 35.5. The molecule has 0 bridgehead atoms. The Hall–Kier alpha value is -0.730. The van der Waals surface area contributed by atoms with Gasteiger partial charge in [0.05, 0.1) is 10.7 Å². The van der Waals surface area contributed by atoms with E-state index in [1.54, 1.807) is 6.92 Å². The molecule has 0 aliphatic heterocycles. The summed E-state index contributed by atoms with van der Waals surface area (Å²) in [7, 11) is -3.57. The smallest absolute Gasteiger partial charge is 0.257 e. The van der Waals surface area contributed by atoms with E-state index in [-0.39, 0.29) is 26.9 Å². The van der Waals surface area contributed by atoms with Crippen LogP contribution in [0.2, 0.25) is 0 Å². The molecule has 0 radical (unpaired) electrons. The number of nitro groups is 1. The van der Waals surface area contributed by atoms with Crippen LogP contribution >= 0.6 is 22.9 Å². The summed E-state index contributed by atoms with van der Waals surface area (Å²) in [5.41, 5.74) is 0.